The average molecular weight is 484 g/mol. The van der Waals surface area contributed by atoms with Gasteiger partial charge in [-0.1, -0.05) is 24.3 Å². The summed E-state index contributed by atoms with van der Waals surface area (Å²) in [6, 6.07) is 17.0. The van der Waals surface area contributed by atoms with Crippen molar-refractivity contribution < 1.29 is 22.8 Å². The van der Waals surface area contributed by atoms with E-state index in [1.807, 2.05) is 16.6 Å². The average Bonchev–Trinajstić information content (AvgIpc) is 3.54. The number of anilines is 5. The van der Waals surface area contributed by atoms with Gasteiger partial charge in [0, 0.05) is 18.5 Å². The Labute approximate surface area is 198 Å². The quantitative estimate of drug-likeness (QED) is 0.250. The zero-order valence-electron chi connectivity index (χ0n) is 18.3. The Hall–Kier alpha value is -3.46. The van der Waals surface area contributed by atoms with Gasteiger partial charge in [0.1, 0.15) is 5.92 Å². The predicted octanol–water partition coefficient (Wildman–Crippen LogP) is 6.25. The van der Waals surface area contributed by atoms with Gasteiger partial charge < -0.3 is 4.90 Å². The first kappa shape index (κ1) is 22.3. The standard InChI is InChI=1S/C25H20F3N3O2S/c1-3-29-18-12-10-16(25(26,27)28)14-20(18)30(17-7-5-4-6-8-17)24(33)22(23(29)32)15-9-11-19-21(13-15)31(19)34-2/h4-14,22H,3H2,1-2H3. The van der Waals surface area contributed by atoms with Gasteiger partial charge in [0.25, 0.3) is 0 Å². The minimum atomic E-state index is -4.60. The van der Waals surface area contributed by atoms with E-state index < -0.39 is 29.5 Å². The molecule has 174 valence electrons. The Morgan fingerprint density at radius 2 is 1.56 bits per heavy atom. The van der Waals surface area contributed by atoms with Crippen molar-refractivity contribution in [2.75, 3.05) is 26.9 Å². The number of alkyl halides is 3. The molecule has 3 aromatic rings. The van der Waals surface area contributed by atoms with Gasteiger partial charge in [0.15, 0.2) is 0 Å². The van der Waals surface area contributed by atoms with Gasteiger partial charge in [-0.15, -0.1) is 0 Å². The third-order valence-corrected chi connectivity index (χ3v) is 6.81. The third kappa shape index (κ3) is 3.51. The largest absolute Gasteiger partial charge is 0.416 e. The highest BCUT2D eigenvalue weighted by Crippen LogP contribution is 2.53. The fourth-order valence-corrected chi connectivity index (χ4v) is 5.06. The van der Waals surface area contributed by atoms with Crippen LogP contribution in [0, 0.1) is 0 Å². The Morgan fingerprint density at radius 1 is 0.853 bits per heavy atom. The SMILES string of the molecule is CCN1C(=O)C(c2ccc3c(c2)N3SC)C(=O)N(c2ccccc2)c2cc(C(F)(F)F)ccc21. The number of halogens is 3. The second kappa shape index (κ2) is 8.09. The molecule has 3 aromatic carbocycles. The van der Waals surface area contributed by atoms with E-state index in [1.165, 1.54) is 27.8 Å². The number of carbonyl (C=O) groups is 2. The van der Waals surface area contributed by atoms with Gasteiger partial charge in [-0.3, -0.25) is 18.8 Å². The second-order valence-corrected chi connectivity index (χ2v) is 8.68. The van der Waals surface area contributed by atoms with Gasteiger partial charge in [0.05, 0.1) is 28.3 Å². The number of hydrogen-bond acceptors (Lipinski definition) is 4. The fourth-order valence-electron chi connectivity index (χ4n) is 4.41. The van der Waals surface area contributed by atoms with Crippen LogP contribution >= 0.6 is 11.9 Å². The van der Waals surface area contributed by atoms with Gasteiger partial charge in [-0.05, 0) is 66.9 Å². The minimum absolute atomic E-state index is 0.0289. The zero-order valence-corrected chi connectivity index (χ0v) is 19.2. The summed E-state index contributed by atoms with van der Waals surface area (Å²) >= 11 is 1.51. The van der Waals surface area contributed by atoms with Crippen LogP contribution in [0.25, 0.3) is 0 Å². The van der Waals surface area contributed by atoms with E-state index in [0.29, 0.717) is 11.3 Å². The van der Waals surface area contributed by atoms with Crippen LogP contribution < -0.4 is 14.1 Å². The number of benzene rings is 3. The van der Waals surface area contributed by atoms with E-state index in [-0.39, 0.29) is 17.9 Å². The smallest absolute Gasteiger partial charge is 0.310 e. The molecular formula is C25H20F3N3O2S. The van der Waals surface area contributed by atoms with Crippen molar-refractivity contribution in [3.05, 3.63) is 77.9 Å². The van der Waals surface area contributed by atoms with Crippen molar-refractivity contribution in [3.63, 3.8) is 0 Å². The molecule has 1 atom stereocenters. The summed E-state index contributed by atoms with van der Waals surface area (Å²) in [7, 11) is 0. The number of likely N-dealkylation sites (N-methyl/N-ethyl adjacent to an activating group) is 1. The molecule has 0 N–H and O–H groups in total. The highest BCUT2D eigenvalue weighted by molar-refractivity contribution is 8.00. The maximum Gasteiger partial charge on any atom is 0.416 e. The van der Waals surface area contributed by atoms with Gasteiger partial charge >= 0.3 is 6.18 Å². The van der Waals surface area contributed by atoms with Gasteiger partial charge in [-0.2, -0.15) is 13.2 Å². The molecule has 0 saturated carbocycles. The van der Waals surface area contributed by atoms with Crippen molar-refractivity contribution in [2.45, 2.75) is 19.0 Å². The first-order valence-electron chi connectivity index (χ1n) is 10.7. The van der Waals surface area contributed by atoms with E-state index in [4.69, 9.17) is 0 Å². The van der Waals surface area contributed by atoms with Gasteiger partial charge in [-0.25, -0.2) is 0 Å². The Morgan fingerprint density at radius 3 is 2.21 bits per heavy atom. The Bertz CT molecular complexity index is 1300. The Balaban J connectivity index is 1.72. The topological polar surface area (TPSA) is 43.6 Å². The first-order chi connectivity index (χ1) is 16.3. The second-order valence-electron chi connectivity index (χ2n) is 7.95. The van der Waals surface area contributed by atoms with Crippen LogP contribution in [0.2, 0.25) is 0 Å². The molecule has 34 heavy (non-hydrogen) atoms. The monoisotopic (exact) mass is 483 g/mol. The van der Waals surface area contributed by atoms with E-state index in [1.54, 1.807) is 49.4 Å². The number of rotatable bonds is 4. The van der Waals surface area contributed by atoms with Crippen LogP contribution in [0.5, 0.6) is 0 Å². The number of nitrogens with zero attached hydrogens (tertiary/aromatic N) is 3. The van der Waals surface area contributed by atoms with Crippen molar-refractivity contribution in [2.24, 2.45) is 0 Å². The minimum Gasteiger partial charge on any atom is -0.310 e. The summed E-state index contributed by atoms with van der Waals surface area (Å²) in [6.07, 6.45) is -2.68. The number of para-hydroxylation sites is 1. The molecule has 0 radical (unpaired) electrons. The van der Waals surface area contributed by atoms with E-state index in [9.17, 15) is 22.8 Å². The van der Waals surface area contributed by atoms with Crippen molar-refractivity contribution in [1.29, 1.82) is 0 Å². The highest BCUT2D eigenvalue weighted by Gasteiger charge is 2.44. The number of carbonyl (C=O) groups excluding carboxylic acids is 2. The number of hydrogen-bond donors (Lipinski definition) is 0. The maximum absolute atomic E-state index is 14.0. The predicted molar refractivity (Wildman–Crippen MR) is 128 cm³/mol. The molecule has 9 heteroatoms. The summed E-state index contributed by atoms with van der Waals surface area (Å²) in [5, 5.41) is 0. The Kier molecular flexibility index (Phi) is 5.31. The van der Waals surface area contributed by atoms with Crippen LogP contribution in [-0.4, -0.2) is 24.6 Å². The maximum atomic E-state index is 14.0. The molecule has 2 heterocycles. The molecule has 0 bridgehead atoms. The molecule has 0 fully saturated rings. The first-order valence-corrected chi connectivity index (χ1v) is 11.8. The summed E-state index contributed by atoms with van der Waals surface area (Å²) in [4.78, 5) is 30.3. The molecule has 2 aliphatic rings. The summed E-state index contributed by atoms with van der Waals surface area (Å²) in [5.41, 5.74) is 2.23. The van der Waals surface area contributed by atoms with E-state index in [2.05, 4.69) is 0 Å². The number of fused-ring (bicyclic) bond motifs is 2. The molecule has 2 amide bonds. The van der Waals surface area contributed by atoms with Crippen LogP contribution in [0.3, 0.4) is 0 Å². The molecule has 5 nitrogen and oxygen atoms in total. The molecular weight excluding hydrogens is 463 g/mol. The molecule has 1 unspecified atom stereocenters. The molecule has 5 rings (SSSR count). The van der Waals surface area contributed by atoms with E-state index >= 15 is 0 Å². The van der Waals surface area contributed by atoms with Crippen LogP contribution in [0.15, 0.2) is 66.7 Å². The number of amides is 2. The molecule has 2 aliphatic heterocycles. The summed E-state index contributed by atoms with van der Waals surface area (Å²) < 4.78 is 42.8. The van der Waals surface area contributed by atoms with Crippen LogP contribution in [0.4, 0.5) is 41.6 Å². The lowest BCUT2D eigenvalue weighted by Crippen LogP contribution is -2.39. The lowest BCUT2D eigenvalue weighted by Gasteiger charge is -2.26. The third-order valence-electron chi connectivity index (χ3n) is 6.05. The zero-order chi connectivity index (χ0) is 24.2. The highest BCUT2D eigenvalue weighted by atomic mass is 32.2. The van der Waals surface area contributed by atoms with Gasteiger partial charge in [0.2, 0.25) is 11.8 Å². The normalized spacial score (nSPS) is 17.4. The lowest BCUT2D eigenvalue weighted by atomic mass is 9.96. The van der Waals surface area contributed by atoms with Crippen LogP contribution in [-0.2, 0) is 15.8 Å². The molecule has 0 saturated heterocycles. The molecule has 0 aromatic heterocycles. The van der Waals surface area contributed by atoms with Crippen molar-refractivity contribution >= 4 is 52.2 Å². The molecule has 0 spiro atoms. The fraction of sp³-hybridized carbons (Fsp3) is 0.200. The summed E-state index contributed by atoms with van der Waals surface area (Å²) in [5.74, 6) is -2.26. The summed E-state index contributed by atoms with van der Waals surface area (Å²) in [6.45, 7) is 1.94. The molecule has 0 aliphatic carbocycles. The van der Waals surface area contributed by atoms with Crippen molar-refractivity contribution in [1.82, 2.24) is 0 Å². The lowest BCUT2D eigenvalue weighted by molar-refractivity contribution is -0.137. The van der Waals surface area contributed by atoms with Crippen LogP contribution in [0.1, 0.15) is 24.0 Å². The van der Waals surface area contributed by atoms with E-state index in [0.717, 1.165) is 23.5 Å². The van der Waals surface area contributed by atoms with Crippen molar-refractivity contribution in [3.8, 4) is 0 Å².